The van der Waals surface area contributed by atoms with E-state index in [2.05, 4.69) is 11.8 Å². The number of likely N-dealkylation sites (N-methyl/N-ethyl adjacent to an activating group) is 1. The van der Waals surface area contributed by atoms with Crippen molar-refractivity contribution in [2.75, 3.05) is 14.2 Å². The van der Waals surface area contributed by atoms with Crippen molar-refractivity contribution in [1.82, 2.24) is 5.01 Å². The fraction of sp³-hybridized carbons (Fsp3) is 0.273. The first kappa shape index (κ1) is 13.8. The molecule has 1 rings (SSSR count). The van der Waals surface area contributed by atoms with Gasteiger partial charge in [0.25, 0.3) is 0 Å². The number of hydrogen-bond acceptors (Lipinski definition) is 3. The third kappa shape index (κ3) is 3.11. The van der Waals surface area contributed by atoms with Crippen LogP contribution in [0.15, 0.2) is 17.2 Å². The standard InChI is InChI=1S/C11H12Cl2N2O2/c1-14-15(2)10(16)6-7-8(12)4-5-9(13)11(7)17-3/h4-5H,1,6H2,2-3H3. The summed E-state index contributed by atoms with van der Waals surface area (Å²) in [6.07, 6.45) is 0.0537. The van der Waals surface area contributed by atoms with E-state index in [-0.39, 0.29) is 12.3 Å². The van der Waals surface area contributed by atoms with Crippen molar-refractivity contribution in [3.05, 3.63) is 27.7 Å². The molecule has 0 fully saturated rings. The molecule has 17 heavy (non-hydrogen) atoms. The second-order valence-electron chi connectivity index (χ2n) is 3.28. The molecule has 0 heterocycles. The lowest BCUT2D eigenvalue weighted by Crippen LogP contribution is -2.22. The fourth-order valence-electron chi connectivity index (χ4n) is 1.31. The molecule has 0 radical (unpaired) electrons. The smallest absolute Gasteiger partial charge is 0.246 e. The Kier molecular flexibility index (Phi) is 4.78. The molecule has 0 saturated heterocycles. The number of ether oxygens (including phenoxy) is 1. The van der Waals surface area contributed by atoms with Gasteiger partial charge in [-0.15, -0.1) is 0 Å². The quantitative estimate of drug-likeness (QED) is 0.626. The first-order valence-corrected chi connectivity index (χ1v) is 5.51. The number of hydrogen-bond donors (Lipinski definition) is 0. The van der Waals surface area contributed by atoms with Gasteiger partial charge in [0.05, 0.1) is 18.6 Å². The summed E-state index contributed by atoms with van der Waals surface area (Å²) in [6.45, 7) is 3.27. The molecule has 1 amide bonds. The summed E-state index contributed by atoms with van der Waals surface area (Å²) in [4.78, 5) is 11.7. The van der Waals surface area contributed by atoms with E-state index in [0.717, 1.165) is 5.01 Å². The molecule has 0 N–H and O–H groups in total. The van der Waals surface area contributed by atoms with Crippen LogP contribution in [0.25, 0.3) is 0 Å². The van der Waals surface area contributed by atoms with Crippen LogP contribution >= 0.6 is 23.2 Å². The molecule has 0 atom stereocenters. The highest BCUT2D eigenvalue weighted by Gasteiger charge is 2.17. The van der Waals surface area contributed by atoms with Crippen LogP contribution in [0.2, 0.25) is 10.0 Å². The van der Waals surface area contributed by atoms with E-state index in [9.17, 15) is 4.79 Å². The summed E-state index contributed by atoms with van der Waals surface area (Å²) in [6, 6.07) is 3.24. The molecule has 4 nitrogen and oxygen atoms in total. The Morgan fingerprint density at radius 3 is 2.59 bits per heavy atom. The van der Waals surface area contributed by atoms with Crippen molar-refractivity contribution in [2.45, 2.75) is 6.42 Å². The molecule has 0 bridgehead atoms. The monoisotopic (exact) mass is 274 g/mol. The van der Waals surface area contributed by atoms with Crippen LogP contribution in [0.1, 0.15) is 5.56 Å². The SMILES string of the molecule is C=NN(C)C(=O)Cc1c(Cl)ccc(Cl)c1OC. The lowest BCUT2D eigenvalue weighted by atomic mass is 10.1. The number of hydrazone groups is 1. The van der Waals surface area contributed by atoms with Crippen molar-refractivity contribution in [2.24, 2.45) is 5.10 Å². The molecule has 0 spiro atoms. The van der Waals surface area contributed by atoms with Gasteiger partial charge in [-0.05, 0) is 12.1 Å². The van der Waals surface area contributed by atoms with Crippen LogP contribution in [0.5, 0.6) is 5.75 Å². The molecule has 1 aromatic carbocycles. The Bertz CT molecular complexity index is 449. The summed E-state index contributed by atoms with van der Waals surface area (Å²) in [5.41, 5.74) is 0.544. The van der Waals surface area contributed by atoms with Crippen molar-refractivity contribution < 1.29 is 9.53 Å². The van der Waals surface area contributed by atoms with Gasteiger partial charge in [-0.1, -0.05) is 23.2 Å². The molecule has 0 unspecified atom stereocenters. The number of halogens is 2. The first-order chi connectivity index (χ1) is 8.01. The zero-order valence-electron chi connectivity index (χ0n) is 9.54. The number of nitrogens with zero attached hydrogens (tertiary/aromatic N) is 2. The highest BCUT2D eigenvalue weighted by molar-refractivity contribution is 6.35. The Hall–Kier alpha value is -1.26. The Labute approximate surface area is 110 Å². The lowest BCUT2D eigenvalue weighted by molar-refractivity contribution is -0.129. The van der Waals surface area contributed by atoms with Gasteiger partial charge in [-0.3, -0.25) is 4.79 Å². The average Bonchev–Trinajstić information content (AvgIpc) is 2.33. The van der Waals surface area contributed by atoms with Crippen molar-refractivity contribution in [3.63, 3.8) is 0 Å². The summed E-state index contributed by atoms with van der Waals surface area (Å²) >= 11 is 12.0. The van der Waals surface area contributed by atoms with Crippen LogP contribution in [0.4, 0.5) is 0 Å². The molecule has 0 aromatic heterocycles. The van der Waals surface area contributed by atoms with Crippen LogP contribution in [0.3, 0.4) is 0 Å². The normalized spacial score (nSPS) is 9.88. The van der Waals surface area contributed by atoms with E-state index in [1.54, 1.807) is 12.1 Å². The number of benzene rings is 1. The molecule has 0 aliphatic rings. The van der Waals surface area contributed by atoms with E-state index in [1.807, 2.05) is 0 Å². The van der Waals surface area contributed by atoms with Crippen LogP contribution in [-0.4, -0.2) is 31.8 Å². The van der Waals surface area contributed by atoms with Gasteiger partial charge in [-0.25, -0.2) is 5.01 Å². The Balaban J connectivity index is 3.09. The molecule has 1 aromatic rings. The molecule has 0 saturated carbocycles. The lowest BCUT2D eigenvalue weighted by Gasteiger charge is -2.14. The van der Waals surface area contributed by atoms with E-state index in [0.29, 0.717) is 21.4 Å². The zero-order valence-corrected chi connectivity index (χ0v) is 11.0. The van der Waals surface area contributed by atoms with Gasteiger partial charge >= 0.3 is 0 Å². The van der Waals surface area contributed by atoms with Crippen molar-refractivity contribution in [1.29, 1.82) is 0 Å². The first-order valence-electron chi connectivity index (χ1n) is 4.75. The number of amides is 1. The number of methoxy groups -OCH3 is 1. The predicted molar refractivity (Wildman–Crippen MR) is 69.0 cm³/mol. The van der Waals surface area contributed by atoms with Gasteiger partial charge < -0.3 is 4.74 Å². The van der Waals surface area contributed by atoms with E-state index >= 15 is 0 Å². The summed E-state index contributed by atoms with van der Waals surface area (Å²) in [7, 11) is 2.99. The third-order valence-corrected chi connectivity index (χ3v) is 2.91. The van der Waals surface area contributed by atoms with Gasteiger partial charge in [0, 0.05) is 24.4 Å². The maximum atomic E-state index is 11.7. The Morgan fingerprint density at radius 1 is 1.47 bits per heavy atom. The number of carbonyl (C=O) groups is 1. The third-order valence-electron chi connectivity index (χ3n) is 2.26. The van der Waals surface area contributed by atoms with Crippen LogP contribution < -0.4 is 4.74 Å². The van der Waals surface area contributed by atoms with Gasteiger partial charge in [-0.2, -0.15) is 5.10 Å². The van der Waals surface area contributed by atoms with Crippen molar-refractivity contribution >= 4 is 35.8 Å². The zero-order chi connectivity index (χ0) is 13.0. The fourth-order valence-corrected chi connectivity index (χ4v) is 1.77. The highest BCUT2D eigenvalue weighted by atomic mass is 35.5. The average molecular weight is 275 g/mol. The molecular weight excluding hydrogens is 263 g/mol. The summed E-state index contributed by atoms with van der Waals surface area (Å²) in [5, 5.41) is 5.48. The number of rotatable bonds is 4. The topological polar surface area (TPSA) is 41.9 Å². The largest absolute Gasteiger partial charge is 0.495 e. The highest BCUT2D eigenvalue weighted by Crippen LogP contribution is 2.34. The van der Waals surface area contributed by atoms with Crippen LogP contribution in [0, 0.1) is 0 Å². The molecule has 92 valence electrons. The van der Waals surface area contributed by atoms with Crippen molar-refractivity contribution in [3.8, 4) is 5.75 Å². The van der Waals surface area contributed by atoms with Gasteiger partial charge in [0.2, 0.25) is 5.91 Å². The van der Waals surface area contributed by atoms with Crippen LogP contribution in [-0.2, 0) is 11.2 Å². The second-order valence-corrected chi connectivity index (χ2v) is 4.09. The Morgan fingerprint density at radius 2 is 2.06 bits per heavy atom. The maximum absolute atomic E-state index is 11.7. The molecule has 6 heteroatoms. The van der Waals surface area contributed by atoms with Gasteiger partial charge in [0.1, 0.15) is 5.75 Å². The predicted octanol–water partition coefficient (Wildman–Crippen LogP) is 2.62. The molecule has 0 aliphatic heterocycles. The molecular formula is C11H12Cl2N2O2. The maximum Gasteiger partial charge on any atom is 0.246 e. The number of carbonyl (C=O) groups excluding carboxylic acids is 1. The second kappa shape index (κ2) is 5.89. The van der Waals surface area contributed by atoms with E-state index in [4.69, 9.17) is 27.9 Å². The minimum atomic E-state index is -0.248. The van der Waals surface area contributed by atoms with E-state index in [1.165, 1.54) is 14.2 Å². The minimum absolute atomic E-state index is 0.0537. The van der Waals surface area contributed by atoms with Gasteiger partial charge in [0.15, 0.2) is 0 Å². The summed E-state index contributed by atoms with van der Waals surface area (Å²) < 4.78 is 5.14. The molecule has 0 aliphatic carbocycles. The summed E-state index contributed by atoms with van der Waals surface area (Å²) in [5.74, 6) is 0.160. The van der Waals surface area contributed by atoms with E-state index < -0.39 is 0 Å². The minimum Gasteiger partial charge on any atom is -0.495 e.